The fraction of sp³-hybridized carbons (Fsp3) is 0.800. The number of hydrogen-bond donors (Lipinski definition) is 0. The van der Waals surface area contributed by atoms with Gasteiger partial charge in [0, 0.05) is 0 Å². The summed E-state index contributed by atoms with van der Waals surface area (Å²) in [5, 5.41) is 8.08. The highest BCUT2D eigenvalue weighted by Crippen LogP contribution is 2.21. The van der Waals surface area contributed by atoms with Gasteiger partial charge in [0.2, 0.25) is 0 Å². The average molecular weight is 216 g/mol. The van der Waals surface area contributed by atoms with Crippen LogP contribution < -0.4 is 0 Å². The first-order chi connectivity index (χ1) is 4.77. The third-order valence-corrected chi connectivity index (χ3v) is 2.93. The van der Waals surface area contributed by atoms with Gasteiger partial charge in [0.05, 0.1) is 11.8 Å². The highest BCUT2D eigenvalue weighted by molar-refractivity contribution is 7.91. The molecule has 0 aromatic rings. The van der Waals surface area contributed by atoms with Crippen molar-refractivity contribution in [2.24, 2.45) is 0 Å². The molecule has 0 spiro atoms. The maximum atomic E-state index is 10.9. The van der Waals surface area contributed by atoms with Gasteiger partial charge in [0.25, 0.3) is 0 Å². The summed E-state index contributed by atoms with van der Waals surface area (Å²) in [4.78, 5) is 0. The number of sulfone groups is 1. The molecular formula is C5H7Cl2NO2S. The number of rotatable bonds is 3. The smallest absolute Gasteiger partial charge is 0.166 e. The summed E-state index contributed by atoms with van der Waals surface area (Å²) in [6.07, 6.45) is 0. The van der Waals surface area contributed by atoms with E-state index in [1.165, 1.54) is 13.0 Å². The Bertz CT molecular complexity index is 259. The molecule has 0 rings (SSSR count). The molecule has 0 aromatic heterocycles. The zero-order chi connectivity index (χ0) is 9.12. The molecule has 6 heteroatoms. The Balaban J connectivity index is 4.30. The Hall–Kier alpha value is 0.0200. The number of hydrogen-bond acceptors (Lipinski definition) is 3. The van der Waals surface area contributed by atoms with Crippen LogP contribution in [0.1, 0.15) is 6.92 Å². The SMILES string of the molecule is CC(Cl)(Cl)CS(=O)(=O)CC#N. The van der Waals surface area contributed by atoms with Crippen molar-refractivity contribution in [1.29, 1.82) is 5.26 Å². The fourth-order valence-electron chi connectivity index (χ4n) is 0.536. The zero-order valence-corrected chi connectivity index (χ0v) is 8.17. The normalized spacial score (nSPS) is 12.5. The summed E-state index contributed by atoms with van der Waals surface area (Å²) in [5.41, 5.74) is 0. The standard InChI is InChI=1S/C5H7Cl2NO2S/c1-5(6,7)4-11(9,10)3-2-8/h3-4H2,1H3. The minimum Gasteiger partial charge on any atom is -0.228 e. The molecule has 0 aliphatic rings. The summed E-state index contributed by atoms with van der Waals surface area (Å²) in [6.45, 7) is 1.37. The van der Waals surface area contributed by atoms with Gasteiger partial charge in [-0.15, -0.1) is 23.2 Å². The first kappa shape index (κ1) is 11.0. The number of nitrogens with zero attached hydrogens (tertiary/aromatic N) is 1. The Morgan fingerprint density at radius 2 is 2.00 bits per heavy atom. The third-order valence-electron chi connectivity index (χ3n) is 0.758. The van der Waals surface area contributed by atoms with Crippen molar-refractivity contribution < 1.29 is 8.42 Å². The number of halogens is 2. The van der Waals surface area contributed by atoms with E-state index in [2.05, 4.69) is 0 Å². The van der Waals surface area contributed by atoms with Gasteiger partial charge in [0.1, 0.15) is 10.1 Å². The van der Waals surface area contributed by atoms with Crippen LogP contribution in [0.25, 0.3) is 0 Å². The molecule has 0 radical (unpaired) electrons. The predicted octanol–water partition coefficient (Wildman–Crippen LogP) is 1.12. The van der Waals surface area contributed by atoms with Gasteiger partial charge < -0.3 is 0 Å². The van der Waals surface area contributed by atoms with Crippen LogP contribution >= 0.6 is 23.2 Å². The molecule has 0 atom stereocenters. The Morgan fingerprint density at radius 1 is 1.55 bits per heavy atom. The summed E-state index contributed by atoms with van der Waals surface area (Å²) in [6, 6.07) is 1.53. The molecule has 64 valence electrons. The minimum absolute atomic E-state index is 0.392. The van der Waals surface area contributed by atoms with Gasteiger partial charge in [0.15, 0.2) is 9.84 Å². The second kappa shape index (κ2) is 3.61. The lowest BCUT2D eigenvalue weighted by Gasteiger charge is -2.10. The van der Waals surface area contributed by atoms with Crippen molar-refractivity contribution in [3.05, 3.63) is 0 Å². The number of nitriles is 1. The first-order valence-corrected chi connectivity index (χ1v) is 5.30. The molecule has 0 aliphatic heterocycles. The Morgan fingerprint density at radius 3 is 2.27 bits per heavy atom. The predicted molar refractivity (Wildman–Crippen MR) is 44.4 cm³/mol. The van der Waals surface area contributed by atoms with E-state index < -0.39 is 25.7 Å². The van der Waals surface area contributed by atoms with Gasteiger partial charge in [-0.2, -0.15) is 5.26 Å². The van der Waals surface area contributed by atoms with E-state index in [1.807, 2.05) is 0 Å². The summed E-state index contributed by atoms with van der Waals surface area (Å²) < 4.78 is 20.4. The molecule has 0 saturated carbocycles. The second-order valence-electron chi connectivity index (χ2n) is 2.26. The highest BCUT2D eigenvalue weighted by atomic mass is 35.5. The second-order valence-corrected chi connectivity index (χ2v) is 6.19. The molecule has 0 amide bonds. The molecule has 0 bridgehead atoms. The zero-order valence-electron chi connectivity index (χ0n) is 5.84. The van der Waals surface area contributed by atoms with E-state index >= 15 is 0 Å². The molecule has 0 aromatic carbocycles. The van der Waals surface area contributed by atoms with Crippen molar-refractivity contribution in [3.8, 4) is 6.07 Å². The Labute approximate surface area is 75.8 Å². The highest BCUT2D eigenvalue weighted by Gasteiger charge is 2.25. The summed E-state index contributed by atoms with van der Waals surface area (Å²) in [5.74, 6) is -0.932. The van der Waals surface area contributed by atoms with E-state index in [0.717, 1.165) is 0 Å². The monoisotopic (exact) mass is 215 g/mol. The molecule has 0 N–H and O–H groups in total. The number of alkyl halides is 2. The van der Waals surface area contributed by atoms with E-state index in [9.17, 15) is 8.42 Å². The molecule has 11 heavy (non-hydrogen) atoms. The minimum atomic E-state index is -3.41. The first-order valence-electron chi connectivity index (χ1n) is 2.72. The van der Waals surface area contributed by atoms with Gasteiger partial charge in [-0.3, -0.25) is 0 Å². The molecular weight excluding hydrogens is 209 g/mol. The van der Waals surface area contributed by atoms with Gasteiger partial charge in [-0.1, -0.05) is 0 Å². The van der Waals surface area contributed by atoms with E-state index in [0.29, 0.717) is 0 Å². The molecule has 3 nitrogen and oxygen atoms in total. The van der Waals surface area contributed by atoms with E-state index in [-0.39, 0.29) is 0 Å². The van der Waals surface area contributed by atoms with Crippen molar-refractivity contribution >= 4 is 33.0 Å². The van der Waals surface area contributed by atoms with Gasteiger partial charge >= 0.3 is 0 Å². The lowest BCUT2D eigenvalue weighted by molar-refractivity contribution is 0.596. The molecule has 0 heterocycles. The van der Waals surface area contributed by atoms with Crippen LogP contribution in [-0.2, 0) is 9.84 Å². The lowest BCUT2D eigenvalue weighted by Crippen LogP contribution is -2.23. The van der Waals surface area contributed by atoms with Crippen LogP contribution in [0.3, 0.4) is 0 Å². The van der Waals surface area contributed by atoms with E-state index in [4.69, 9.17) is 28.5 Å². The van der Waals surface area contributed by atoms with Crippen LogP contribution in [0.5, 0.6) is 0 Å². The summed E-state index contributed by atoms with van der Waals surface area (Å²) in [7, 11) is -3.41. The molecule has 0 fully saturated rings. The van der Waals surface area contributed by atoms with Crippen molar-refractivity contribution in [2.75, 3.05) is 11.5 Å². The lowest BCUT2D eigenvalue weighted by atomic mass is 10.5. The Kier molecular flexibility index (Phi) is 3.62. The molecule has 0 aliphatic carbocycles. The van der Waals surface area contributed by atoms with Gasteiger partial charge in [-0.05, 0) is 6.92 Å². The fourth-order valence-corrected chi connectivity index (χ4v) is 2.60. The van der Waals surface area contributed by atoms with E-state index in [1.54, 1.807) is 0 Å². The van der Waals surface area contributed by atoms with Gasteiger partial charge in [-0.25, -0.2) is 8.42 Å². The summed E-state index contributed by atoms with van der Waals surface area (Å²) >= 11 is 10.9. The molecule has 0 unspecified atom stereocenters. The maximum absolute atomic E-state index is 10.9. The molecule has 0 saturated heterocycles. The largest absolute Gasteiger partial charge is 0.228 e. The van der Waals surface area contributed by atoms with Crippen LogP contribution in [0.15, 0.2) is 0 Å². The quantitative estimate of drug-likeness (QED) is 0.664. The van der Waals surface area contributed by atoms with Crippen LogP contribution in [0, 0.1) is 11.3 Å². The van der Waals surface area contributed by atoms with Crippen LogP contribution in [0.2, 0.25) is 0 Å². The average Bonchev–Trinajstić information content (AvgIpc) is 1.55. The topological polar surface area (TPSA) is 57.9 Å². The van der Waals surface area contributed by atoms with Crippen molar-refractivity contribution in [3.63, 3.8) is 0 Å². The van der Waals surface area contributed by atoms with Crippen LogP contribution in [0.4, 0.5) is 0 Å². The third kappa shape index (κ3) is 6.42. The van der Waals surface area contributed by atoms with Crippen molar-refractivity contribution in [1.82, 2.24) is 0 Å². The van der Waals surface area contributed by atoms with Crippen LogP contribution in [-0.4, -0.2) is 24.3 Å². The maximum Gasteiger partial charge on any atom is 0.166 e. The van der Waals surface area contributed by atoms with Crippen molar-refractivity contribution in [2.45, 2.75) is 11.3 Å².